The van der Waals surface area contributed by atoms with Gasteiger partial charge in [-0.15, -0.1) is 0 Å². The van der Waals surface area contributed by atoms with Gasteiger partial charge >= 0.3 is 0 Å². The van der Waals surface area contributed by atoms with E-state index in [1.807, 2.05) is 30.6 Å². The minimum absolute atomic E-state index is 0.581. The number of rotatable bonds is 0. The lowest BCUT2D eigenvalue weighted by molar-refractivity contribution is 0.625. The fourth-order valence-corrected chi connectivity index (χ4v) is 3.13. The second-order valence-electron chi connectivity index (χ2n) is 2.80. The summed E-state index contributed by atoms with van der Waals surface area (Å²) in [5.74, 6) is 0. The molecule has 0 aromatic carbocycles. The molecule has 4 nitrogen and oxygen atoms in total. The molecule has 1 rings (SSSR count). The van der Waals surface area contributed by atoms with E-state index >= 15 is 0 Å². The highest BCUT2D eigenvalue weighted by Gasteiger charge is 1.98. The average Bonchev–Trinajstić information content (AvgIpc) is 2.47. The third-order valence-corrected chi connectivity index (χ3v) is 4.33. The SMILES string of the molecule is CN=c1ss/c(=N/C(=S)N(C)C)n1C. The predicted octanol–water partition coefficient (Wildman–Crippen LogP) is 0.426. The highest BCUT2D eigenvalue weighted by atomic mass is 32.9. The largest absolute Gasteiger partial charge is 0.353 e. The topological polar surface area (TPSA) is 32.9 Å². The van der Waals surface area contributed by atoms with Gasteiger partial charge in [0, 0.05) is 28.2 Å². The van der Waals surface area contributed by atoms with Gasteiger partial charge in [-0.2, -0.15) is 4.99 Å². The van der Waals surface area contributed by atoms with Crippen molar-refractivity contribution in [2.24, 2.45) is 17.0 Å². The second kappa shape index (κ2) is 4.81. The van der Waals surface area contributed by atoms with E-state index in [-0.39, 0.29) is 0 Å². The quantitative estimate of drug-likeness (QED) is 0.493. The molecule has 7 heteroatoms. The van der Waals surface area contributed by atoms with E-state index in [4.69, 9.17) is 12.2 Å². The van der Waals surface area contributed by atoms with Crippen molar-refractivity contribution >= 4 is 38.0 Å². The second-order valence-corrected chi connectivity index (χ2v) is 5.23. The lowest BCUT2D eigenvalue weighted by atomic mass is 10.9. The third-order valence-electron chi connectivity index (χ3n) is 1.53. The zero-order valence-electron chi connectivity index (χ0n) is 8.51. The molecule has 0 spiro atoms. The normalized spacial score (nSPS) is 13.4. The molecule has 0 aliphatic carbocycles. The van der Waals surface area contributed by atoms with Crippen LogP contribution in [0, 0.1) is 0 Å². The maximum Gasteiger partial charge on any atom is 0.204 e. The van der Waals surface area contributed by atoms with E-state index in [9.17, 15) is 0 Å². The summed E-state index contributed by atoms with van der Waals surface area (Å²) in [5, 5.41) is 0.581. The predicted molar refractivity (Wildman–Crippen MR) is 64.5 cm³/mol. The van der Waals surface area contributed by atoms with Crippen LogP contribution in [0.2, 0.25) is 0 Å². The zero-order valence-corrected chi connectivity index (χ0v) is 11.0. The monoisotopic (exact) mass is 248 g/mol. The van der Waals surface area contributed by atoms with Crippen LogP contribution in [0.5, 0.6) is 0 Å². The number of thiocarbonyl (C=S) groups is 1. The fraction of sp³-hybridized carbons (Fsp3) is 0.571. The Balaban J connectivity index is 3.21. The van der Waals surface area contributed by atoms with Gasteiger partial charge in [-0.25, -0.2) is 0 Å². The van der Waals surface area contributed by atoms with E-state index in [1.165, 1.54) is 0 Å². The van der Waals surface area contributed by atoms with Crippen molar-refractivity contribution in [1.82, 2.24) is 9.47 Å². The number of nitrogens with zero attached hydrogens (tertiary/aromatic N) is 4. The van der Waals surface area contributed by atoms with Crippen molar-refractivity contribution in [2.75, 3.05) is 21.1 Å². The lowest BCUT2D eigenvalue weighted by Crippen LogP contribution is -2.26. The van der Waals surface area contributed by atoms with Crippen molar-refractivity contribution in [3.63, 3.8) is 0 Å². The van der Waals surface area contributed by atoms with Gasteiger partial charge < -0.3 is 4.90 Å². The van der Waals surface area contributed by atoms with Crippen molar-refractivity contribution in [1.29, 1.82) is 0 Å². The summed E-state index contributed by atoms with van der Waals surface area (Å²) in [6.45, 7) is 0. The molecule has 0 radical (unpaired) electrons. The summed E-state index contributed by atoms with van der Waals surface area (Å²) in [6.07, 6.45) is 0. The summed E-state index contributed by atoms with van der Waals surface area (Å²) < 4.78 is 1.94. The van der Waals surface area contributed by atoms with Gasteiger partial charge in [0.05, 0.1) is 0 Å². The summed E-state index contributed by atoms with van der Waals surface area (Å²) >= 11 is 5.09. The molecule has 0 fully saturated rings. The van der Waals surface area contributed by atoms with Gasteiger partial charge in [0.1, 0.15) is 0 Å². The Kier molecular flexibility index (Phi) is 3.97. The van der Waals surface area contributed by atoms with E-state index in [2.05, 4.69) is 9.98 Å². The smallest absolute Gasteiger partial charge is 0.204 e. The first-order valence-electron chi connectivity index (χ1n) is 3.91. The number of hydrogen-bond donors (Lipinski definition) is 0. The first-order chi connectivity index (χ1) is 6.56. The Morgan fingerprint density at radius 2 is 1.93 bits per heavy atom. The van der Waals surface area contributed by atoms with Gasteiger partial charge in [-0.05, 0) is 32.9 Å². The summed E-state index contributed by atoms with van der Waals surface area (Å²) in [7, 11) is 10.6. The maximum atomic E-state index is 5.09. The maximum absolute atomic E-state index is 5.09. The molecule has 0 aliphatic rings. The first kappa shape index (κ1) is 11.5. The Morgan fingerprint density at radius 3 is 2.36 bits per heavy atom. The van der Waals surface area contributed by atoms with Gasteiger partial charge in [0.25, 0.3) is 0 Å². The molecule has 1 aromatic heterocycles. The molecule has 0 unspecified atom stereocenters. The Labute approximate surface area is 95.3 Å². The first-order valence-corrected chi connectivity index (χ1v) is 6.47. The molecule has 0 saturated heterocycles. The van der Waals surface area contributed by atoms with E-state index in [0.717, 1.165) is 9.60 Å². The molecule has 14 heavy (non-hydrogen) atoms. The van der Waals surface area contributed by atoms with Crippen LogP contribution in [-0.4, -0.2) is 35.7 Å². The molecule has 0 aliphatic heterocycles. The van der Waals surface area contributed by atoms with Crippen LogP contribution in [0.15, 0.2) is 9.98 Å². The van der Waals surface area contributed by atoms with Crippen molar-refractivity contribution in [3.05, 3.63) is 9.60 Å². The molecule has 0 amide bonds. The van der Waals surface area contributed by atoms with E-state index < -0.39 is 0 Å². The third kappa shape index (κ3) is 2.49. The van der Waals surface area contributed by atoms with Crippen LogP contribution in [0.25, 0.3) is 0 Å². The molecule has 0 atom stereocenters. The minimum Gasteiger partial charge on any atom is -0.353 e. The highest BCUT2D eigenvalue weighted by molar-refractivity contribution is 7.80. The standard InChI is InChI=1S/C7H12N4S3/c1-8-6-11(4)7(14-13-6)9-5(12)10(2)3/h1-4H3/b8-6?,9-7+. The van der Waals surface area contributed by atoms with Gasteiger partial charge in [-0.3, -0.25) is 9.56 Å². The molecule has 0 N–H and O–H groups in total. The Bertz CT molecular complexity index is 448. The average molecular weight is 248 g/mol. The summed E-state index contributed by atoms with van der Waals surface area (Å²) in [6, 6.07) is 0. The van der Waals surface area contributed by atoms with Crippen LogP contribution < -0.4 is 9.60 Å². The van der Waals surface area contributed by atoms with Crippen molar-refractivity contribution in [2.45, 2.75) is 0 Å². The molecular formula is C7H12N4S3. The van der Waals surface area contributed by atoms with Crippen LogP contribution in [-0.2, 0) is 7.05 Å². The van der Waals surface area contributed by atoms with Crippen molar-refractivity contribution in [3.8, 4) is 0 Å². The Morgan fingerprint density at radius 1 is 1.36 bits per heavy atom. The number of hydrogen-bond acceptors (Lipinski definition) is 4. The van der Waals surface area contributed by atoms with Crippen LogP contribution >= 0.6 is 32.9 Å². The Hall–Kier alpha value is -0.530. The molecule has 0 saturated carbocycles. The number of aromatic nitrogens is 1. The lowest BCUT2D eigenvalue weighted by Gasteiger charge is -2.07. The van der Waals surface area contributed by atoms with Crippen molar-refractivity contribution < 1.29 is 0 Å². The van der Waals surface area contributed by atoms with E-state index in [0.29, 0.717) is 5.11 Å². The molecular weight excluding hydrogens is 236 g/mol. The minimum atomic E-state index is 0.581. The van der Waals surface area contributed by atoms with Crippen LogP contribution in [0.3, 0.4) is 0 Å². The van der Waals surface area contributed by atoms with Crippen LogP contribution in [0.4, 0.5) is 0 Å². The molecule has 1 aromatic rings. The van der Waals surface area contributed by atoms with Gasteiger partial charge in [-0.1, -0.05) is 0 Å². The highest BCUT2D eigenvalue weighted by Crippen LogP contribution is 1.92. The summed E-state index contributed by atoms with van der Waals surface area (Å²) in [5.41, 5.74) is 0. The molecule has 0 bridgehead atoms. The summed E-state index contributed by atoms with van der Waals surface area (Å²) in [4.78, 5) is 12.1. The fourth-order valence-electron chi connectivity index (χ4n) is 0.731. The molecule has 78 valence electrons. The van der Waals surface area contributed by atoms with E-state index in [1.54, 1.807) is 27.7 Å². The van der Waals surface area contributed by atoms with Crippen LogP contribution in [0.1, 0.15) is 0 Å². The molecule has 1 heterocycles. The zero-order chi connectivity index (χ0) is 10.7. The van der Waals surface area contributed by atoms with Gasteiger partial charge in [0.15, 0.2) is 9.91 Å². The van der Waals surface area contributed by atoms with Gasteiger partial charge in [0.2, 0.25) is 4.80 Å².